The summed E-state index contributed by atoms with van der Waals surface area (Å²) in [6, 6.07) is 16.8. The summed E-state index contributed by atoms with van der Waals surface area (Å²) in [7, 11) is 0. The molecule has 0 fully saturated rings. The molecular weight excluding hydrogens is 442 g/mol. The van der Waals surface area contributed by atoms with Crippen LogP contribution in [0.4, 0.5) is 5.69 Å². The highest BCUT2D eigenvalue weighted by Gasteiger charge is 2.24. The molecule has 0 spiro atoms. The van der Waals surface area contributed by atoms with Crippen LogP contribution in [-0.4, -0.2) is 21.3 Å². The Kier molecular flexibility index (Phi) is 6.56. The van der Waals surface area contributed by atoms with Gasteiger partial charge in [-0.25, -0.2) is 0 Å². The third kappa shape index (κ3) is 4.81. The summed E-state index contributed by atoms with van der Waals surface area (Å²) in [4.78, 5) is 4.11. The van der Waals surface area contributed by atoms with Crippen LogP contribution in [0.25, 0.3) is 21.1 Å². The Labute approximate surface area is 204 Å². The predicted octanol–water partition coefficient (Wildman–Crippen LogP) is 5.80. The van der Waals surface area contributed by atoms with E-state index in [0.717, 1.165) is 41.4 Å². The van der Waals surface area contributed by atoms with E-state index in [-0.39, 0.29) is 6.10 Å². The Morgan fingerprint density at radius 3 is 2.71 bits per heavy atom. The molecule has 2 aromatic carbocycles. The van der Waals surface area contributed by atoms with Crippen molar-refractivity contribution in [2.45, 2.75) is 51.8 Å². The average Bonchev–Trinajstić information content (AvgIpc) is 3.34. The van der Waals surface area contributed by atoms with Gasteiger partial charge in [0.2, 0.25) is 0 Å². The molecule has 1 aliphatic rings. The van der Waals surface area contributed by atoms with Crippen LogP contribution in [0.2, 0.25) is 0 Å². The number of fused-ring (bicyclic) bond motifs is 1. The number of ether oxygens (including phenoxy) is 1. The minimum Gasteiger partial charge on any atom is -0.489 e. The fourth-order valence-corrected chi connectivity index (χ4v) is 5.39. The fraction of sp³-hybridized carbons (Fsp3) is 0.296. The summed E-state index contributed by atoms with van der Waals surface area (Å²) in [6.07, 6.45) is 7.10. The van der Waals surface area contributed by atoms with E-state index in [1.54, 1.807) is 11.3 Å². The fourth-order valence-electron chi connectivity index (χ4n) is 4.49. The molecule has 0 unspecified atom stereocenters. The van der Waals surface area contributed by atoms with Crippen molar-refractivity contribution in [3.63, 3.8) is 0 Å². The number of hydrogen-bond acceptors (Lipinski definition) is 7. The molecule has 174 valence electrons. The van der Waals surface area contributed by atoms with Gasteiger partial charge in [0.05, 0.1) is 11.8 Å². The number of pyridine rings is 1. The zero-order valence-electron chi connectivity index (χ0n) is 19.5. The van der Waals surface area contributed by atoms with Crippen LogP contribution in [0.5, 0.6) is 5.75 Å². The second-order valence-electron chi connectivity index (χ2n) is 8.89. The van der Waals surface area contributed by atoms with Gasteiger partial charge < -0.3 is 15.8 Å². The first kappa shape index (κ1) is 22.5. The van der Waals surface area contributed by atoms with Crippen LogP contribution in [-0.2, 0) is 13.0 Å². The lowest BCUT2D eigenvalue weighted by molar-refractivity contribution is 0.244. The van der Waals surface area contributed by atoms with Gasteiger partial charge in [-0.05, 0) is 80.1 Å². The van der Waals surface area contributed by atoms with Crippen LogP contribution in [0.3, 0.4) is 0 Å². The number of nitrogens with two attached hydrogens (primary N) is 1. The Hall–Kier alpha value is -3.29. The van der Waals surface area contributed by atoms with Gasteiger partial charge in [0.1, 0.15) is 15.8 Å². The number of nitrogen functional groups attached to an aromatic ring is 1. The van der Waals surface area contributed by atoms with E-state index in [9.17, 15) is 0 Å². The lowest BCUT2D eigenvalue weighted by Crippen LogP contribution is -2.25. The number of nitrogens with zero attached hydrogens (tertiary/aromatic N) is 3. The number of hydrogen-bond donors (Lipinski definition) is 2. The van der Waals surface area contributed by atoms with Crippen molar-refractivity contribution in [1.82, 2.24) is 20.5 Å². The van der Waals surface area contributed by atoms with Gasteiger partial charge in [-0.2, -0.15) is 0 Å². The van der Waals surface area contributed by atoms with E-state index in [1.165, 1.54) is 22.3 Å². The molecule has 7 heteroatoms. The number of benzene rings is 2. The highest BCUT2D eigenvalue weighted by molar-refractivity contribution is 7.17. The van der Waals surface area contributed by atoms with Gasteiger partial charge in [-0.15, -0.1) is 10.2 Å². The van der Waals surface area contributed by atoms with Crippen LogP contribution in [0.15, 0.2) is 60.9 Å². The quantitative estimate of drug-likeness (QED) is 0.331. The van der Waals surface area contributed by atoms with E-state index in [0.29, 0.717) is 17.5 Å². The van der Waals surface area contributed by atoms with Crippen LogP contribution in [0, 0.1) is 0 Å². The Balaban J connectivity index is 1.39. The molecule has 34 heavy (non-hydrogen) atoms. The third-order valence-corrected chi connectivity index (χ3v) is 7.09. The Morgan fingerprint density at radius 1 is 1.09 bits per heavy atom. The lowest BCUT2D eigenvalue weighted by Gasteiger charge is -2.28. The van der Waals surface area contributed by atoms with Gasteiger partial charge in [0, 0.05) is 36.1 Å². The molecule has 2 heterocycles. The summed E-state index contributed by atoms with van der Waals surface area (Å²) < 4.78 is 5.76. The van der Waals surface area contributed by atoms with Crippen molar-refractivity contribution in [2.24, 2.45) is 0 Å². The van der Waals surface area contributed by atoms with E-state index < -0.39 is 0 Å². The highest BCUT2D eigenvalue weighted by atomic mass is 32.1. The summed E-state index contributed by atoms with van der Waals surface area (Å²) in [6.45, 7) is 4.81. The first-order valence-electron chi connectivity index (χ1n) is 11.7. The number of rotatable bonds is 7. The second kappa shape index (κ2) is 9.91. The molecular formula is C27H29N5OS. The molecule has 3 N–H and O–H groups in total. The van der Waals surface area contributed by atoms with Crippen molar-refractivity contribution in [2.75, 3.05) is 5.73 Å². The zero-order valence-corrected chi connectivity index (χ0v) is 20.3. The summed E-state index contributed by atoms with van der Waals surface area (Å²) >= 11 is 1.61. The van der Waals surface area contributed by atoms with Crippen molar-refractivity contribution in [3.8, 4) is 26.9 Å². The Morgan fingerprint density at radius 2 is 1.91 bits per heavy atom. The summed E-state index contributed by atoms with van der Waals surface area (Å²) in [5.41, 5.74) is 13.0. The summed E-state index contributed by atoms with van der Waals surface area (Å²) in [5.74, 6) is 0.700. The van der Waals surface area contributed by atoms with Crippen molar-refractivity contribution < 1.29 is 4.74 Å². The van der Waals surface area contributed by atoms with Gasteiger partial charge in [0.15, 0.2) is 0 Å². The third-order valence-electron chi connectivity index (χ3n) is 6.08. The largest absolute Gasteiger partial charge is 0.489 e. The first-order valence-corrected chi connectivity index (χ1v) is 12.5. The maximum Gasteiger partial charge on any atom is 0.148 e. The topological polar surface area (TPSA) is 86.0 Å². The van der Waals surface area contributed by atoms with Gasteiger partial charge in [0.25, 0.3) is 0 Å². The molecule has 4 aromatic rings. The SMILES string of the molecule is CC(C)Oc1ccc(-c2nnc(-c3cccc4c3CCC[C@@H]4NCc3ccncc3)s2)cc1N. The molecule has 0 aliphatic heterocycles. The summed E-state index contributed by atoms with van der Waals surface area (Å²) in [5, 5.41) is 14.6. The van der Waals surface area contributed by atoms with Crippen molar-refractivity contribution in [3.05, 3.63) is 77.6 Å². The molecule has 5 rings (SSSR count). The number of aromatic nitrogens is 3. The van der Waals surface area contributed by atoms with Crippen LogP contribution < -0.4 is 15.8 Å². The molecule has 6 nitrogen and oxygen atoms in total. The Bertz CT molecular complexity index is 1270. The lowest BCUT2D eigenvalue weighted by atomic mass is 9.85. The molecule has 0 radical (unpaired) electrons. The maximum atomic E-state index is 6.22. The minimum absolute atomic E-state index is 0.0774. The molecule has 1 aliphatic carbocycles. The highest BCUT2D eigenvalue weighted by Crippen LogP contribution is 2.39. The standard InChI is InChI=1S/C27H29N5OS/c1-17(2)33-25-10-9-19(15-23(25)28)26-31-32-27(34-26)22-7-3-6-21-20(22)5-4-8-24(21)30-16-18-11-13-29-14-12-18/h3,6-7,9-15,17,24,30H,4-5,8,16,28H2,1-2H3/t24-/m0/s1. The maximum absolute atomic E-state index is 6.22. The van der Waals surface area contributed by atoms with Gasteiger partial charge >= 0.3 is 0 Å². The first-order chi connectivity index (χ1) is 16.6. The van der Waals surface area contributed by atoms with Gasteiger partial charge in [-0.3, -0.25) is 4.98 Å². The molecule has 0 amide bonds. The molecule has 0 saturated heterocycles. The normalized spacial score (nSPS) is 15.3. The van der Waals surface area contributed by atoms with E-state index in [1.807, 2.05) is 44.4 Å². The smallest absolute Gasteiger partial charge is 0.148 e. The monoisotopic (exact) mass is 471 g/mol. The van der Waals surface area contributed by atoms with Crippen molar-refractivity contribution in [1.29, 1.82) is 0 Å². The minimum atomic E-state index is 0.0774. The van der Waals surface area contributed by atoms with Crippen LogP contribution in [0.1, 0.15) is 49.4 Å². The van der Waals surface area contributed by atoms with Crippen LogP contribution >= 0.6 is 11.3 Å². The molecule has 0 bridgehead atoms. The van der Waals surface area contributed by atoms with E-state index in [2.05, 4.69) is 50.8 Å². The van der Waals surface area contributed by atoms with E-state index in [4.69, 9.17) is 10.5 Å². The van der Waals surface area contributed by atoms with E-state index >= 15 is 0 Å². The molecule has 1 atom stereocenters. The average molecular weight is 472 g/mol. The predicted molar refractivity (Wildman–Crippen MR) is 138 cm³/mol. The van der Waals surface area contributed by atoms with Crippen molar-refractivity contribution >= 4 is 17.0 Å². The second-order valence-corrected chi connectivity index (χ2v) is 9.86. The molecule has 2 aromatic heterocycles. The number of nitrogens with one attached hydrogen (secondary N) is 1. The number of anilines is 1. The zero-order chi connectivity index (χ0) is 23.5. The molecule has 0 saturated carbocycles. The van der Waals surface area contributed by atoms with Gasteiger partial charge in [-0.1, -0.05) is 29.5 Å².